The Hall–Kier alpha value is -5.79. The number of Topliss-reactive ketones (excluding diaryl/α,β-unsaturated/α-hetero) is 1. The number of hydrogen-bond donors (Lipinski definition) is 11. The van der Waals surface area contributed by atoms with Gasteiger partial charge < -0.3 is 79.7 Å². The quantitative estimate of drug-likeness (QED) is 0.0831. The lowest BCUT2D eigenvalue weighted by atomic mass is 9.72. The highest BCUT2D eigenvalue weighted by molar-refractivity contribution is 6.31. The number of phenolic OH excluding ortho intramolecular Hbond substituents is 2. The molecule has 22 nitrogen and oxygen atoms in total. The van der Waals surface area contributed by atoms with Gasteiger partial charge in [-0.15, -0.1) is 0 Å². The summed E-state index contributed by atoms with van der Waals surface area (Å²) in [6, 6.07) is 8.95. The van der Waals surface area contributed by atoms with Gasteiger partial charge in [0.05, 0.1) is 48.7 Å². The molecule has 0 aromatic heterocycles. The summed E-state index contributed by atoms with van der Waals surface area (Å²) in [6.07, 6.45) is -17.1. The van der Waals surface area contributed by atoms with Crippen LogP contribution in [0.1, 0.15) is 74.4 Å². The fourth-order valence-electron chi connectivity index (χ4n) is 8.30. The van der Waals surface area contributed by atoms with Gasteiger partial charge in [-0.25, -0.2) is 9.59 Å². The average Bonchev–Trinajstić information content (AvgIpc) is 3.27. The number of phenols is 2. The van der Waals surface area contributed by atoms with Gasteiger partial charge in [-0.1, -0.05) is 24.3 Å². The molecule has 7 rings (SSSR count). The predicted molar refractivity (Wildman–Crippen MR) is 211 cm³/mol. The first kappa shape index (κ1) is 46.2. The fraction of sp³-hybridized carbons (Fsp3) is 0.452. The molecule has 11 N–H and O–H groups in total. The summed E-state index contributed by atoms with van der Waals surface area (Å²) in [5, 5.41) is 99.9. The first-order valence-electron chi connectivity index (χ1n) is 19.9. The van der Waals surface area contributed by atoms with E-state index in [1.54, 1.807) is 0 Å². The number of carbonyl (C=O) groups is 5. The Kier molecular flexibility index (Phi) is 13.3. The van der Waals surface area contributed by atoms with Crippen molar-refractivity contribution in [3.63, 3.8) is 0 Å². The molecule has 0 radical (unpaired) electrons. The predicted octanol–water partition coefficient (Wildman–Crippen LogP) is -0.683. The standard InChI is InChI=1S/C42H46N2O20/c1-16-31(48)21(44-40(56)60-15-17-6-8-18(9-7-17)43-41(57)64-39-38(55)37(54)34(51)24(13-45)63-39)10-26(61-16)62-23-12-42(58,25(47)14-46)11-20-28(23)36(53)30-29(33(20)50)32(49)19-4-3-5-22(59-2)27(19)35(30)52/h3-9,16,21,23-24,26,31,34,37-39,45-46,48,50-51,53-55,58H,10-15H2,1-2H3,(H,43,57)(H,44,56)/t16-,21-,23-,24+,26-,31-,34-,37-,38+,39+,42-/m0/s1. The van der Waals surface area contributed by atoms with E-state index in [1.165, 1.54) is 56.5 Å². The summed E-state index contributed by atoms with van der Waals surface area (Å²) in [4.78, 5) is 66.2. The lowest BCUT2D eigenvalue weighted by molar-refractivity contribution is -0.283. The van der Waals surface area contributed by atoms with Gasteiger partial charge in [0.1, 0.15) is 66.6 Å². The highest BCUT2D eigenvalue weighted by Crippen LogP contribution is 2.52. The number of ketones is 3. The molecule has 2 saturated heterocycles. The lowest BCUT2D eigenvalue weighted by Crippen LogP contribution is -2.59. The molecule has 2 amide bonds. The molecule has 0 saturated carbocycles. The Morgan fingerprint density at radius 3 is 2.23 bits per heavy atom. The second-order valence-corrected chi connectivity index (χ2v) is 15.7. The molecule has 344 valence electrons. The number of aromatic hydroxyl groups is 2. The number of alkyl carbamates (subject to hydrolysis) is 1. The van der Waals surface area contributed by atoms with E-state index in [9.17, 15) is 69.9 Å². The van der Waals surface area contributed by atoms with Crippen molar-refractivity contribution in [1.82, 2.24) is 5.32 Å². The van der Waals surface area contributed by atoms with Gasteiger partial charge in [-0.2, -0.15) is 0 Å². The van der Waals surface area contributed by atoms with E-state index in [1.807, 2.05) is 0 Å². The normalized spacial score (nSPS) is 29.7. The summed E-state index contributed by atoms with van der Waals surface area (Å²) in [7, 11) is 1.28. The monoisotopic (exact) mass is 898 g/mol. The van der Waals surface area contributed by atoms with Crippen LogP contribution in [0.5, 0.6) is 17.2 Å². The van der Waals surface area contributed by atoms with E-state index in [0.29, 0.717) is 5.56 Å². The van der Waals surface area contributed by atoms with E-state index >= 15 is 0 Å². The number of rotatable bonds is 11. The summed E-state index contributed by atoms with van der Waals surface area (Å²) in [5.41, 5.74) is -3.74. The van der Waals surface area contributed by atoms with Crippen molar-refractivity contribution in [2.24, 2.45) is 0 Å². The second kappa shape index (κ2) is 18.4. The lowest BCUT2D eigenvalue weighted by Gasteiger charge is -2.42. The Balaban J connectivity index is 1.03. The molecule has 0 unspecified atom stereocenters. The van der Waals surface area contributed by atoms with Crippen LogP contribution in [0, 0.1) is 0 Å². The molecule has 0 spiro atoms. The van der Waals surface area contributed by atoms with E-state index in [4.69, 9.17) is 28.4 Å². The maximum Gasteiger partial charge on any atom is 0.414 e. The third-order valence-electron chi connectivity index (χ3n) is 11.7. The van der Waals surface area contributed by atoms with Crippen molar-refractivity contribution in [1.29, 1.82) is 0 Å². The molecule has 3 aromatic rings. The fourth-order valence-corrected chi connectivity index (χ4v) is 8.30. The van der Waals surface area contributed by atoms with Gasteiger partial charge in [-0.3, -0.25) is 19.7 Å². The third-order valence-corrected chi connectivity index (χ3v) is 11.7. The van der Waals surface area contributed by atoms with Crippen molar-refractivity contribution in [2.75, 3.05) is 25.6 Å². The number of aliphatic hydroxyl groups excluding tert-OH is 6. The minimum absolute atomic E-state index is 0.0261. The summed E-state index contributed by atoms with van der Waals surface area (Å²) < 4.78 is 32.9. The number of hydrogen-bond acceptors (Lipinski definition) is 20. The van der Waals surface area contributed by atoms with Crippen molar-refractivity contribution >= 4 is 35.2 Å². The zero-order valence-corrected chi connectivity index (χ0v) is 34.1. The van der Waals surface area contributed by atoms with Gasteiger partial charge in [0.2, 0.25) is 12.1 Å². The minimum Gasteiger partial charge on any atom is -0.507 e. The molecule has 2 fully saturated rings. The Morgan fingerprint density at radius 1 is 0.859 bits per heavy atom. The molecular formula is C42H46N2O20. The van der Waals surface area contributed by atoms with Gasteiger partial charge in [-0.05, 0) is 30.7 Å². The number of fused-ring (bicyclic) bond motifs is 3. The average molecular weight is 899 g/mol. The first-order chi connectivity index (χ1) is 30.4. The molecule has 2 aliphatic heterocycles. The number of anilines is 1. The van der Waals surface area contributed by atoms with Crippen molar-refractivity contribution in [3.05, 3.63) is 81.4 Å². The van der Waals surface area contributed by atoms with E-state index in [2.05, 4.69) is 10.6 Å². The molecule has 0 bridgehead atoms. The third kappa shape index (κ3) is 8.59. The molecule has 2 heterocycles. The molecule has 2 aliphatic carbocycles. The molecule has 22 heteroatoms. The number of nitrogens with one attached hydrogen (secondary N) is 2. The van der Waals surface area contributed by atoms with Gasteiger partial charge in [0.15, 0.2) is 17.9 Å². The Morgan fingerprint density at radius 2 is 1.56 bits per heavy atom. The molecule has 3 aromatic carbocycles. The van der Waals surface area contributed by atoms with Crippen LogP contribution in [0.2, 0.25) is 0 Å². The molecule has 4 aliphatic rings. The Bertz CT molecular complexity index is 2320. The zero-order chi connectivity index (χ0) is 46.4. The topological polar surface area (TPSA) is 347 Å². The van der Waals surface area contributed by atoms with E-state index < -0.39 is 145 Å². The maximum absolute atomic E-state index is 14.0. The zero-order valence-electron chi connectivity index (χ0n) is 34.1. The molecule has 64 heavy (non-hydrogen) atoms. The van der Waals surface area contributed by atoms with Crippen LogP contribution < -0.4 is 15.4 Å². The SMILES string of the molecule is COc1cccc2c1C(=O)c1c(O)c3c(c(O)c1C2=O)C[C@@](O)(C(=O)CO)C[C@@H]3O[C@H]1C[C@H](NC(=O)OCc2ccc(NC(=O)O[C@H]3O[C@H](CO)[C@H](O)[C@H](O)[C@H]3O)cc2)[C@@H](O)[C@H](C)O1. The largest absolute Gasteiger partial charge is 0.507 e. The second-order valence-electron chi connectivity index (χ2n) is 15.7. The van der Waals surface area contributed by atoms with Crippen LogP contribution in [0.3, 0.4) is 0 Å². The first-order valence-corrected chi connectivity index (χ1v) is 19.9. The van der Waals surface area contributed by atoms with Crippen LogP contribution in [0.4, 0.5) is 15.3 Å². The van der Waals surface area contributed by atoms with Crippen molar-refractivity contribution < 1.29 is 98.4 Å². The minimum atomic E-state index is -2.40. The number of ether oxygens (including phenoxy) is 6. The van der Waals surface area contributed by atoms with Gasteiger partial charge in [0, 0.05) is 41.6 Å². The van der Waals surface area contributed by atoms with E-state index in [-0.39, 0.29) is 46.7 Å². The van der Waals surface area contributed by atoms with Gasteiger partial charge in [0.25, 0.3) is 0 Å². The summed E-state index contributed by atoms with van der Waals surface area (Å²) in [5.74, 6) is -4.33. The molecular weight excluding hydrogens is 852 g/mol. The highest BCUT2D eigenvalue weighted by Gasteiger charge is 2.51. The van der Waals surface area contributed by atoms with Crippen LogP contribution in [0.15, 0.2) is 42.5 Å². The number of carbonyl (C=O) groups excluding carboxylic acids is 5. The van der Waals surface area contributed by atoms with Crippen LogP contribution in [0.25, 0.3) is 0 Å². The number of amides is 2. The maximum atomic E-state index is 14.0. The van der Waals surface area contributed by atoms with Crippen LogP contribution in [-0.2, 0) is 41.5 Å². The van der Waals surface area contributed by atoms with Crippen LogP contribution in [-0.4, -0.2) is 157 Å². The van der Waals surface area contributed by atoms with Crippen molar-refractivity contribution in [3.8, 4) is 17.2 Å². The van der Waals surface area contributed by atoms with Crippen LogP contribution >= 0.6 is 0 Å². The van der Waals surface area contributed by atoms with Crippen molar-refractivity contribution in [2.45, 2.75) is 99.7 Å². The van der Waals surface area contributed by atoms with Gasteiger partial charge >= 0.3 is 12.2 Å². The number of aliphatic hydroxyl groups is 7. The highest BCUT2D eigenvalue weighted by atomic mass is 16.7. The van der Waals surface area contributed by atoms with E-state index in [0.717, 1.165) is 0 Å². The smallest absolute Gasteiger partial charge is 0.414 e. The summed E-state index contributed by atoms with van der Waals surface area (Å²) >= 11 is 0. The number of methoxy groups -OCH3 is 1. The number of benzene rings is 3. The summed E-state index contributed by atoms with van der Waals surface area (Å²) in [6.45, 7) is -0.676. The molecule has 11 atom stereocenters. The Labute approximate surface area is 362 Å².